The van der Waals surface area contributed by atoms with Gasteiger partial charge in [-0.25, -0.2) is 0 Å². The number of carbonyl (C=O) groups excluding carboxylic acids is 2. The predicted molar refractivity (Wildman–Crippen MR) is 96.2 cm³/mol. The number of rotatable bonds is 6. The zero-order chi connectivity index (χ0) is 18.5. The number of carbonyl (C=O) groups is 2. The first-order chi connectivity index (χ1) is 10.1. The fourth-order valence-corrected chi connectivity index (χ4v) is 1.82. The van der Waals surface area contributed by atoms with E-state index in [1.165, 1.54) is 0 Å². The minimum atomic E-state index is -0.563. The molecule has 2 amide bonds. The SMILES string of the molecule is CC(C)(C)CNC(=O)[C@H](CNC(C)(C)C)NC(=O)CC(C)(C)C. The van der Waals surface area contributed by atoms with Crippen LogP contribution in [0.5, 0.6) is 0 Å². The van der Waals surface area contributed by atoms with Crippen molar-refractivity contribution in [3.05, 3.63) is 0 Å². The van der Waals surface area contributed by atoms with Gasteiger partial charge in [-0.3, -0.25) is 9.59 Å². The molecule has 0 bridgehead atoms. The van der Waals surface area contributed by atoms with Crippen molar-refractivity contribution in [1.29, 1.82) is 0 Å². The van der Waals surface area contributed by atoms with E-state index < -0.39 is 6.04 Å². The lowest BCUT2D eigenvalue weighted by Crippen LogP contribution is -2.55. The van der Waals surface area contributed by atoms with Gasteiger partial charge < -0.3 is 16.0 Å². The zero-order valence-electron chi connectivity index (χ0n) is 16.5. The second-order valence-electron chi connectivity index (χ2n) is 9.77. The van der Waals surface area contributed by atoms with Crippen LogP contribution in [0.15, 0.2) is 0 Å². The van der Waals surface area contributed by atoms with Crippen molar-refractivity contribution in [2.75, 3.05) is 13.1 Å². The Bertz CT molecular complexity index is 398. The van der Waals surface area contributed by atoms with Gasteiger partial charge >= 0.3 is 0 Å². The smallest absolute Gasteiger partial charge is 0.243 e. The molecule has 5 nitrogen and oxygen atoms in total. The molecule has 3 N–H and O–H groups in total. The molecule has 0 heterocycles. The third-order valence-corrected chi connectivity index (χ3v) is 2.97. The highest BCUT2D eigenvalue weighted by molar-refractivity contribution is 5.88. The molecule has 0 aliphatic rings. The van der Waals surface area contributed by atoms with Gasteiger partial charge in [-0.2, -0.15) is 0 Å². The summed E-state index contributed by atoms with van der Waals surface area (Å²) < 4.78 is 0. The fourth-order valence-electron chi connectivity index (χ4n) is 1.82. The largest absolute Gasteiger partial charge is 0.354 e. The highest BCUT2D eigenvalue weighted by atomic mass is 16.2. The van der Waals surface area contributed by atoms with Gasteiger partial charge in [-0.05, 0) is 31.6 Å². The van der Waals surface area contributed by atoms with E-state index in [9.17, 15) is 9.59 Å². The molecular formula is C18H37N3O2. The quantitative estimate of drug-likeness (QED) is 0.702. The molecule has 0 saturated heterocycles. The first-order valence-corrected chi connectivity index (χ1v) is 8.41. The zero-order valence-corrected chi connectivity index (χ0v) is 16.5. The van der Waals surface area contributed by atoms with Gasteiger partial charge in [0.1, 0.15) is 6.04 Å². The van der Waals surface area contributed by atoms with Crippen LogP contribution in [0, 0.1) is 10.8 Å². The summed E-state index contributed by atoms with van der Waals surface area (Å²) in [5.74, 6) is -0.233. The van der Waals surface area contributed by atoms with E-state index in [0.29, 0.717) is 19.5 Å². The second kappa shape index (κ2) is 8.13. The molecule has 1 atom stereocenters. The summed E-state index contributed by atoms with van der Waals surface area (Å²) in [4.78, 5) is 24.6. The number of hydrogen-bond acceptors (Lipinski definition) is 3. The van der Waals surface area contributed by atoms with Crippen molar-refractivity contribution in [1.82, 2.24) is 16.0 Å². The number of amides is 2. The molecule has 0 radical (unpaired) electrons. The molecule has 0 aromatic carbocycles. The lowest BCUT2D eigenvalue weighted by atomic mass is 9.92. The standard InChI is InChI=1S/C18H37N3O2/c1-16(2,3)10-14(22)21-13(11-20-18(7,8)9)15(23)19-12-17(4,5)6/h13,20H,10-12H2,1-9H3,(H,19,23)(H,21,22)/t13-/m0/s1. The van der Waals surface area contributed by atoms with Gasteiger partial charge in [-0.1, -0.05) is 41.5 Å². The third-order valence-electron chi connectivity index (χ3n) is 2.97. The van der Waals surface area contributed by atoms with Gasteiger partial charge in [0.2, 0.25) is 11.8 Å². The van der Waals surface area contributed by atoms with E-state index in [1.807, 2.05) is 41.5 Å². The Morgan fingerprint density at radius 3 is 1.78 bits per heavy atom. The molecule has 0 spiro atoms. The average molecular weight is 328 g/mol. The molecule has 0 aromatic rings. The Morgan fingerprint density at radius 1 is 0.870 bits per heavy atom. The predicted octanol–water partition coefficient (Wildman–Crippen LogP) is 2.46. The van der Waals surface area contributed by atoms with Gasteiger partial charge in [0.25, 0.3) is 0 Å². The summed E-state index contributed by atoms with van der Waals surface area (Å²) in [5, 5.41) is 9.09. The highest BCUT2D eigenvalue weighted by Gasteiger charge is 2.25. The van der Waals surface area contributed by atoms with Gasteiger partial charge in [0.05, 0.1) is 0 Å². The minimum Gasteiger partial charge on any atom is -0.354 e. The number of hydrogen-bond donors (Lipinski definition) is 3. The second-order valence-corrected chi connectivity index (χ2v) is 9.77. The van der Waals surface area contributed by atoms with Crippen LogP contribution in [0.1, 0.15) is 68.7 Å². The highest BCUT2D eigenvalue weighted by Crippen LogP contribution is 2.18. The van der Waals surface area contributed by atoms with Crippen LogP contribution in [0.25, 0.3) is 0 Å². The van der Waals surface area contributed by atoms with E-state index in [0.717, 1.165) is 0 Å². The van der Waals surface area contributed by atoms with Crippen LogP contribution in [-0.2, 0) is 9.59 Å². The Hall–Kier alpha value is -1.10. The van der Waals surface area contributed by atoms with Gasteiger partial charge in [0.15, 0.2) is 0 Å². The fraction of sp³-hybridized carbons (Fsp3) is 0.889. The van der Waals surface area contributed by atoms with Crippen LogP contribution in [0.4, 0.5) is 0 Å². The van der Waals surface area contributed by atoms with E-state index in [1.54, 1.807) is 0 Å². The van der Waals surface area contributed by atoms with Crippen LogP contribution < -0.4 is 16.0 Å². The Morgan fingerprint density at radius 2 is 1.39 bits per heavy atom. The van der Waals surface area contributed by atoms with Crippen molar-refractivity contribution >= 4 is 11.8 Å². The number of nitrogens with one attached hydrogen (secondary N) is 3. The van der Waals surface area contributed by atoms with Crippen molar-refractivity contribution < 1.29 is 9.59 Å². The van der Waals surface area contributed by atoms with Crippen molar-refractivity contribution in [2.45, 2.75) is 80.3 Å². The Labute approximate surface area is 142 Å². The summed E-state index contributed by atoms with van der Waals surface area (Å²) in [7, 11) is 0. The molecule has 136 valence electrons. The Kier molecular flexibility index (Phi) is 7.74. The molecule has 5 heteroatoms. The molecule has 0 rings (SSSR count). The first-order valence-electron chi connectivity index (χ1n) is 8.41. The van der Waals surface area contributed by atoms with Crippen LogP contribution in [-0.4, -0.2) is 36.5 Å². The molecule has 0 unspecified atom stereocenters. The summed E-state index contributed by atoms with van der Waals surface area (Å²) in [6.07, 6.45) is 0.394. The molecule has 0 aliphatic carbocycles. The normalized spacial score (nSPS) is 14.3. The lowest BCUT2D eigenvalue weighted by molar-refractivity contribution is -0.130. The molecule has 0 aliphatic heterocycles. The molecule has 0 fully saturated rings. The monoisotopic (exact) mass is 327 g/mol. The molecule has 23 heavy (non-hydrogen) atoms. The molecule has 0 aromatic heterocycles. The summed E-state index contributed by atoms with van der Waals surface area (Å²) in [5.41, 5.74) is -0.210. The van der Waals surface area contributed by atoms with E-state index in [2.05, 4.69) is 36.7 Å². The maximum atomic E-state index is 12.4. The summed E-state index contributed by atoms with van der Waals surface area (Å²) >= 11 is 0. The van der Waals surface area contributed by atoms with Crippen molar-refractivity contribution in [3.63, 3.8) is 0 Å². The van der Waals surface area contributed by atoms with Crippen LogP contribution in [0.3, 0.4) is 0 Å². The van der Waals surface area contributed by atoms with Crippen LogP contribution >= 0.6 is 0 Å². The minimum absolute atomic E-state index is 0.00703. The third kappa shape index (κ3) is 13.1. The maximum absolute atomic E-state index is 12.4. The topological polar surface area (TPSA) is 70.2 Å². The van der Waals surface area contributed by atoms with E-state index in [-0.39, 0.29) is 28.2 Å². The maximum Gasteiger partial charge on any atom is 0.243 e. The Balaban J connectivity index is 4.80. The van der Waals surface area contributed by atoms with Crippen LogP contribution in [0.2, 0.25) is 0 Å². The van der Waals surface area contributed by atoms with E-state index in [4.69, 9.17) is 0 Å². The first kappa shape index (κ1) is 21.9. The van der Waals surface area contributed by atoms with Crippen molar-refractivity contribution in [3.8, 4) is 0 Å². The summed E-state index contributed by atoms with van der Waals surface area (Å²) in [6.45, 7) is 19.3. The van der Waals surface area contributed by atoms with E-state index >= 15 is 0 Å². The van der Waals surface area contributed by atoms with Gasteiger partial charge in [-0.15, -0.1) is 0 Å². The lowest BCUT2D eigenvalue weighted by Gasteiger charge is -2.28. The van der Waals surface area contributed by atoms with Crippen molar-refractivity contribution in [2.24, 2.45) is 10.8 Å². The summed E-state index contributed by atoms with van der Waals surface area (Å²) in [6, 6.07) is -0.563. The average Bonchev–Trinajstić information content (AvgIpc) is 2.27. The van der Waals surface area contributed by atoms with Gasteiger partial charge in [0, 0.05) is 25.0 Å². The molecular weight excluding hydrogens is 290 g/mol. The molecule has 0 saturated carbocycles.